The molecule has 0 saturated heterocycles. The van der Waals surface area contributed by atoms with Crippen LogP contribution >= 0.6 is 22.6 Å². The van der Waals surface area contributed by atoms with Crippen LogP contribution in [0.15, 0.2) is 24.3 Å². The number of rotatable bonds is 7. The van der Waals surface area contributed by atoms with E-state index in [-0.39, 0.29) is 23.4 Å². The van der Waals surface area contributed by atoms with E-state index < -0.39 is 38.9 Å². The van der Waals surface area contributed by atoms with Gasteiger partial charge in [0.25, 0.3) is 10.2 Å². The smallest absolute Gasteiger partial charge is 0.299 e. The Morgan fingerprint density at radius 2 is 1.73 bits per heavy atom. The molecule has 0 heterocycles. The monoisotopic (exact) mass is 553 g/mol. The second-order valence-electron chi connectivity index (χ2n) is 7.66. The van der Waals surface area contributed by atoms with Crippen LogP contribution in [0.1, 0.15) is 45.1 Å². The fraction of sp³-hybridized carbons (Fsp3) is 0.400. The second kappa shape index (κ2) is 8.91. The molecule has 1 aliphatic carbocycles. The van der Waals surface area contributed by atoms with E-state index in [0.29, 0.717) is 16.4 Å². The molecule has 0 unspecified atom stereocenters. The maximum Gasteiger partial charge on any atom is 0.299 e. The summed E-state index contributed by atoms with van der Waals surface area (Å²) >= 11 is 1.92. The maximum absolute atomic E-state index is 14.7. The first-order valence-electron chi connectivity index (χ1n) is 9.58. The topological polar surface area (TPSA) is 70.2 Å². The molecule has 0 aliphatic heterocycles. The third kappa shape index (κ3) is 5.20. The molecule has 0 bridgehead atoms. The van der Waals surface area contributed by atoms with Gasteiger partial charge in [0.2, 0.25) is 0 Å². The molecule has 1 fully saturated rings. The van der Waals surface area contributed by atoms with Gasteiger partial charge in [-0.1, -0.05) is 19.8 Å². The van der Waals surface area contributed by atoms with E-state index in [1.807, 2.05) is 29.5 Å². The zero-order valence-electron chi connectivity index (χ0n) is 16.6. The highest BCUT2D eigenvalue weighted by atomic mass is 127. The Kier molecular flexibility index (Phi) is 6.87. The SMILES string of the molecule is CCc1cc(F)c(F)c(Nc2ccc(I)cc2F)c1NS(=O)(=O)NC1(C)CCCC1. The highest BCUT2D eigenvalue weighted by Gasteiger charge is 2.34. The number of benzene rings is 2. The number of anilines is 3. The lowest BCUT2D eigenvalue weighted by Crippen LogP contribution is -2.46. The van der Waals surface area contributed by atoms with Gasteiger partial charge in [0.05, 0.1) is 11.4 Å². The standard InChI is InChI=1S/C20H23F3IN3O2S/c1-3-12-10-15(22)17(23)19(25-16-7-6-13(24)11-14(16)21)18(12)26-30(28,29)27-20(2)8-4-5-9-20/h6-7,10-11,25-27H,3-5,8-9H2,1-2H3. The molecule has 0 spiro atoms. The van der Waals surface area contributed by atoms with Crippen molar-refractivity contribution in [2.45, 2.75) is 51.5 Å². The van der Waals surface area contributed by atoms with Gasteiger partial charge in [-0.05, 0) is 78.6 Å². The summed E-state index contributed by atoms with van der Waals surface area (Å²) in [5.41, 5.74) is -1.08. The summed E-state index contributed by atoms with van der Waals surface area (Å²) in [6.07, 6.45) is 3.42. The summed E-state index contributed by atoms with van der Waals surface area (Å²) in [6.45, 7) is 3.50. The van der Waals surface area contributed by atoms with Crippen LogP contribution in [0.3, 0.4) is 0 Å². The van der Waals surface area contributed by atoms with Crippen molar-refractivity contribution in [1.29, 1.82) is 0 Å². The van der Waals surface area contributed by atoms with E-state index in [2.05, 4.69) is 14.8 Å². The van der Waals surface area contributed by atoms with E-state index in [1.54, 1.807) is 13.0 Å². The first-order chi connectivity index (χ1) is 14.0. The number of halogens is 4. The molecule has 10 heteroatoms. The van der Waals surface area contributed by atoms with Crippen LogP contribution < -0.4 is 14.8 Å². The molecule has 2 aromatic carbocycles. The molecule has 1 aliphatic rings. The maximum atomic E-state index is 14.7. The molecule has 0 amide bonds. The van der Waals surface area contributed by atoms with E-state index in [1.165, 1.54) is 12.1 Å². The van der Waals surface area contributed by atoms with Crippen molar-refractivity contribution >= 4 is 49.9 Å². The number of nitrogens with one attached hydrogen (secondary N) is 3. The van der Waals surface area contributed by atoms with Crippen LogP contribution in [0, 0.1) is 21.0 Å². The number of aryl methyl sites for hydroxylation is 1. The first-order valence-corrected chi connectivity index (χ1v) is 12.1. The van der Waals surface area contributed by atoms with Crippen molar-refractivity contribution in [1.82, 2.24) is 4.72 Å². The Morgan fingerprint density at radius 1 is 1.07 bits per heavy atom. The lowest BCUT2D eigenvalue weighted by molar-refractivity contribution is 0.429. The molecule has 1 saturated carbocycles. The second-order valence-corrected chi connectivity index (χ2v) is 10.3. The summed E-state index contributed by atoms with van der Waals surface area (Å²) < 4.78 is 74.4. The van der Waals surface area contributed by atoms with Crippen molar-refractivity contribution in [3.63, 3.8) is 0 Å². The summed E-state index contributed by atoms with van der Waals surface area (Å²) in [5.74, 6) is -3.12. The lowest BCUT2D eigenvalue weighted by Gasteiger charge is -2.26. The summed E-state index contributed by atoms with van der Waals surface area (Å²) in [5, 5.41) is 2.53. The van der Waals surface area contributed by atoms with Crippen molar-refractivity contribution in [3.05, 3.63) is 50.9 Å². The Morgan fingerprint density at radius 3 is 2.33 bits per heavy atom. The van der Waals surface area contributed by atoms with Gasteiger partial charge in [-0.15, -0.1) is 0 Å². The van der Waals surface area contributed by atoms with Gasteiger partial charge < -0.3 is 5.32 Å². The first kappa shape index (κ1) is 23.1. The molecule has 2 aromatic rings. The molecule has 0 atom stereocenters. The number of hydrogen-bond donors (Lipinski definition) is 3. The molecule has 5 nitrogen and oxygen atoms in total. The Hall–Kier alpha value is -1.53. The molecular formula is C20H23F3IN3O2S. The third-order valence-electron chi connectivity index (χ3n) is 5.20. The van der Waals surface area contributed by atoms with Crippen molar-refractivity contribution < 1.29 is 21.6 Å². The molecule has 3 N–H and O–H groups in total. The fourth-order valence-electron chi connectivity index (χ4n) is 3.66. The Balaban J connectivity index is 2.03. The molecule has 164 valence electrons. The van der Waals surface area contributed by atoms with E-state index in [9.17, 15) is 21.6 Å². The van der Waals surface area contributed by atoms with Gasteiger partial charge >= 0.3 is 0 Å². The van der Waals surface area contributed by atoms with Crippen LogP contribution in [-0.2, 0) is 16.6 Å². The zero-order chi connectivity index (χ0) is 22.1. The van der Waals surface area contributed by atoms with Crippen LogP contribution in [0.25, 0.3) is 0 Å². The highest BCUT2D eigenvalue weighted by Crippen LogP contribution is 2.36. The molecular weight excluding hydrogens is 530 g/mol. The Labute approximate surface area is 188 Å². The summed E-state index contributed by atoms with van der Waals surface area (Å²) in [6, 6.07) is 5.15. The molecule has 0 radical (unpaired) electrons. The minimum atomic E-state index is -4.09. The van der Waals surface area contributed by atoms with Crippen molar-refractivity contribution in [2.75, 3.05) is 10.0 Å². The van der Waals surface area contributed by atoms with Crippen molar-refractivity contribution in [2.24, 2.45) is 0 Å². The van der Waals surface area contributed by atoms with Gasteiger partial charge in [-0.3, -0.25) is 4.72 Å². The average Bonchev–Trinajstić information content (AvgIpc) is 3.07. The van der Waals surface area contributed by atoms with Crippen LogP contribution in [0.2, 0.25) is 0 Å². The fourth-order valence-corrected chi connectivity index (χ4v) is 5.52. The van der Waals surface area contributed by atoms with Gasteiger partial charge in [0.15, 0.2) is 11.6 Å². The quantitative estimate of drug-likeness (QED) is 0.392. The lowest BCUT2D eigenvalue weighted by atomic mass is 10.0. The minimum absolute atomic E-state index is 0.0990. The largest absolute Gasteiger partial charge is 0.349 e. The normalized spacial score (nSPS) is 15.9. The average molecular weight is 553 g/mol. The van der Waals surface area contributed by atoms with Gasteiger partial charge in [0.1, 0.15) is 11.5 Å². The summed E-state index contributed by atoms with van der Waals surface area (Å²) in [7, 11) is -4.09. The predicted molar refractivity (Wildman–Crippen MR) is 121 cm³/mol. The van der Waals surface area contributed by atoms with E-state index >= 15 is 0 Å². The molecule has 30 heavy (non-hydrogen) atoms. The molecule has 3 rings (SSSR count). The van der Waals surface area contributed by atoms with Crippen LogP contribution in [0.5, 0.6) is 0 Å². The van der Waals surface area contributed by atoms with Crippen LogP contribution in [0.4, 0.5) is 30.2 Å². The van der Waals surface area contributed by atoms with Gasteiger partial charge in [-0.2, -0.15) is 13.1 Å². The predicted octanol–water partition coefficient (Wildman–Crippen LogP) is 5.59. The van der Waals surface area contributed by atoms with E-state index in [4.69, 9.17) is 0 Å². The van der Waals surface area contributed by atoms with Crippen molar-refractivity contribution in [3.8, 4) is 0 Å². The van der Waals surface area contributed by atoms with E-state index in [0.717, 1.165) is 18.9 Å². The zero-order valence-corrected chi connectivity index (χ0v) is 19.6. The van der Waals surface area contributed by atoms with Gasteiger partial charge in [-0.25, -0.2) is 13.2 Å². The summed E-state index contributed by atoms with van der Waals surface area (Å²) in [4.78, 5) is 0. The number of hydrogen-bond acceptors (Lipinski definition) is 3. The third-order valence-corrected chi connectivity index (χ3v) is 7.10. The molecule has 0 aromatic heterocycles. The Bertz CT molecular complexity index is 1060. The minimum Gasteiger partial charge on any atom is -0.349 e. The van der Waals surface area contributed by atoms with Crippen LogP contribution in [-0.4, -0.2) is 14.0 Å². The highest BCUT2D eigenvalue weighted by molar-refractivity contribution is 14.1. The van der Waals surface area contributed by atoms with Gasteiger partial charge in [0, 0.05) is 9.11 Å².